The van der Waals surface area contributed by atoms with Crippen LogP contribution in [0.5, 0.6) is 0 Å². The number of nitrogens with zero attached hydrogens (tertiary/aromatic N) is 1. The van der Waals surface area contributed by atoms with Crippen molar-refractivity contribution in [1.82, 2.24) is 10.2 Å². The van der Waals surface area contributed by atoms with Crippen LogP contribution in [0.2, 0.25) is 0 Å². The minimum atomic E-state index is 0. The van der Waals surface area contributed by atoms with Crippen molar-refractivity contribution in [3.63, 3.8) is 0 Å². The third-order valence-electron chi connectivity index (χ3n) is 5.63. The molecule has 2 aromatic rings. The van der Waals surface area contributed by atoms with E-state index in [1.807, 2.05) is 31.2 Å². The summed E-state index contributed by atoms with van der Waals surface area (Å²) in [6.07, 6.45) is 4.62. The van der Waals surface area contributed by atoms with Gasteiger partial charge < -0.3 is 10.2 Å². The monoisotopic (exact) mass is 386 g/mol. The van der Waals surface area contributed by atoms with Gasteiger partial charge in [0.15, 0.2) is 0 Å². The van der Waals surface area contributed by atoms with Gasteiger partial charge in [-0.05, 0) is 57.0 Å². The van der Waals surface area contributed by atoms with E-state index >= 15 is 0 Å². The molecule has 1 saturated carbocycles. The van der Waals surface area contributed by atoms with Gasteiger partial charge in [-0.25, -0.2) is 0 Å². The second kappa shape index (κ2) is 9.91. The normalized spacial score (nSPS) is 20.6. The first-order valence-electron chi connectivity index (χ1n) is 9.66. The highest BCUT2D eigenvalue weighted by molar-refractivity contribution is 5.95. The highest BCUT2D eigenvalue weighted by Crippen LogP contribution is 2.37. The van der Waals surface area contributed by atoms with Crippen molar-refractivity contribution in [3.8, 4) is 0 Å². The molecule has 1 fully saturated rings. The van der Waals surface area contributed by atoms with Crippen LogP contribution >= 0.6 is 12.4 Å². The number of carbonyl (C=O) groups is 1. The van der Waals surface area contributed by atoms with E-state index in [2.05, 4.69) is 54.6 Å². The number of hydrogen-bond acceptors (Lipinski definition) is 2. The molecule has 27 heavy (non-hydrogen) atoms. The van der Waals surface area contributed by atoms with Crippen LogP contribution in [0.25, 0.3) is 0 Å². The molecule has 0 spiro atoms. The van der Waals surface area contributed by atoms with Gasteiger partial charge in [-0.2, -0.15) is 0 Å². The molecule has 0 heterocycles. The van der Waals surface area contributed by atoms with Gasteiger partial charge in [0.1, 0.15) is 0 Å². The van der Waals surface area contributed by atoms with E-state index in [4.69, 9.17) is 0 Å². The predicted octanol–water partition coefficient (Wildman–Crippen LogP) is 5.01. The van der Waals surface area contributed by atoms with Gasteiger partial charge in [0.2, 0.25) is 0 Å². The fourth-order valence-corrected chi connectivity index (χ4v) is 4.37. The summed E-state index contributed by atoms with van der Waals surface area (Å²) >= 11 is 0. The van der Waals surface area contributed by atoms with Crippen molar-refractivity contribution in [2.45, 2.75) is 44.7 Å². The molecule has 3 nitrogen and oxygen atoms in total. The zero-order valence-corrected chi connectivity index (χ0v) is 17.3. The average Bonchev–Trinajstić information content (AvgIpc) is 2.64. The molecule has 2 aromatic carbocycles. The van der Waals surface area contributed by atoms with Gasteiger partial charge in [0.25, 0.3) is 5.91 Å². The summed E-state index contributed by atoms with van der Waals surface area (Å²) in [7, 11) is 4.29. The maximum absolute atomic E-state index is 12.9. The van der Waals surface area contributed by atoms with Gasteiger partial charge in [-0.15, -0.1) is 12.4 Å². The number of halogens is 1. The molecule has 4 heteroatoms. The number of aryl methyl sites for hydroxylation is 1. The van der Waals surface area contributed by atoms with Crippen LogP contribution in [0.1, 0.15) is 53.2 Å². The maximum atomic E-state index is 12.9. The SMILES string of the molecule is Cc1ccccc1C(=O)NC1CCCCC1C(c1ccccc1)N(C)C.Cl. The second-order valence-electron chi connectivity index (χ2n) is 7.66. The molecule has 0 bridgehead atoms. The van der Waals surface area contributed by atoms with Crippen molar-refractivity contribution in [2.24, 2.45) is 5.92 Å². The average molecular weight is 387 g/mol. The second-order valence-corrected chi connectivity index (χ2v) is 7.66. The molecule has 3 unspecified atom stereocenters. The van der Waals surface area contributed by atoms with Crippen LogP contribution in [0.4, 0.5) is 0 Å². The third kappa shape index (κ3) is 5.12. The summed E-state index contributed by atoms with van der Waals surface area (Å²) in [5.41, 5.74) is 3.15. The van der Waals surface area contributed by atoms with Crippen molar-refractivity contribution in [3.05, 3.63) is 71.3 Å². The quantitative estimate of drug-likeness (QED) is 0.783. The molecule has 1 aliphatic rings. The Morgan fingerprint density at radius 3 is 2.30 bits per heavy atom. The molecule has 1 N–H and O–H groups in total. The Labute approximate surface area is 169 Å². The Balaban J connectivity index is 0.00000261. The van der Waals surface area contributed by atoms with E-state index in [1.165, 1.54) is 18.4 Å². The maximum Gasteiger partial charge on any atom is 0.251 e. The molecule has 1 aliphatic carbocycles. The van der Waals surface area contributed by atoms with E-state index in [-0.39, 0.29) is 24.4 Å². The Morgan fingerprint density at radius 2 is 1.63 bits per heavy atom. The highest BCUT2D eigenvalue weighted by atomic mass is 35.5. The molecule has 0 aromatic heterocycles. The van der Waals surface area contributed by atoms with Crippen molar-refractivity contribution < 1.29 is 4.79 Å². The lowest BCUT2D eigenvalue weighted by atomic mass is 9.77. The van der Waals surface area contributed by atoms with E-state index in [1.54, 1.807) is 0 Å². The minimum Gasteiger partial charge on any atom is -0.349 e. The fraction of sp³-hybridized carbons (Fsp3) is 0.435. The lowest BCUT2D eigenvalue weighted by Gasteiger charge is -2.41. The standard InChI is InChI=1S/C23H30N2O.ClH/c1-17-11-7-8-14-19(17)23(26)24-21-16-10-9-15-20(21)22(25(2)3)18-12-5-4-6-13-18;/h4-8,11-14,20-22H,9-10,15-16H2,1-3H3,(H,24,26);1H. The van der Waals surface area contributed by atoms with Gasteiger partial charge >= 0.3 is 0 Å². The van der Waals surface area contributed by atoms with Gasteiger partial charge in [0.05, 0.1) is 0 Å². The van der Waals surface area contributed by atoms with Gasteiger partial charge in [-0.1, -0.05) is 61.4 Å². The third-order valence-corrected chi connectivity index (χ3v) is 5.63. The smallest absolute Gasteiger partial charge is 0.251 e. The number of rotatable bonds is 5. The molecule has 0 saturated heterocycles. The Morgan fingerprint density at radius 1 is 1.00 bits per heavy atom. The summed E-state index contributed by atoms with van der Waals surface area (Å²) in [6.45, 7) is 2.00. The molecular formula is C23H31ClN2O. The number of hydrogen-bond donors (Lipinski definition) is 1. The zero-order valence-electron chi connectivity index (χ0n) is 16.5. The molecular weight excluding hydrogens is 356 g/mol. The lowest BCUT2D eigenvalue weighted by molar-refractivity contribution is 0.0845. The zero-order chi connectivity index (χ0) is 18.5. The summed E-state index contributed by atoms with van der Waals surface area (Å²) in [4.78, 5) is 15.2. The van der Waals surface area contributed by atoms with E-state index in [9.17, 15) is 4.79 Å². The predicted molar refractivity (Wildman–Crippen MR) is 115 cm³/mol. The van der Waals surface area contributed by atoms with Crippen LogP contribution in [0, 0.1) is 12.8 Å². The Kier molecular flexibility index (Phi) is 7.88. The molecule has 0 radical (unpaired) electrons. The summed E-state index contributed by atoms with van der Waals surface area (Å²) in [5.74, 6) is 0.486. The summed E-state index contributed by atoms with van der Waals surface area (Å²) in [5, 5.41) is 3.37. The van der Waals surface area contributed by atoms with Gasteiger partial charge in [-0.3, -0.25) is 4.79 Å². The first-order chi connectivity index (χ1) is 12.6. The molecule has 0 aliphatic heterocycles. The van der Waals surface area contributed by atoms with E-state index < -0.39 is 0 Å². The topological polar surface area (TPSA) is 32.3 Å². The number of amides is 1. The first kappa shape index (κ1) is 21.5. The van der Waals surface area contributed by atoms with E-state index in [0.29, 0.717) is 12.0 Å². The Hall–Kier alpha value is -1.84. The summed E-state index contributed by atoms with van der Waals surface area (Å²) in [6, 6.07) is 19.1. The molecule has 146 valence electrons. The van der Waals surface area contributed by atoms with Crippen LogP contribution in [-0.4, -0.2) is 30.9 Å². The largest absolute Gasteiger partial charge is 0.349 e. The van der Waals surface area contributed by atoms with Crippen LogP contribution in [0.3, 0.4) is 0 Å². The van der Waals surface area contributed by atoms with Crippen LogP contribution in [-0.2, 0) is 0 Å². The molecule has 3 rings (SSSR count). The number of benzene rings is 2. The number of nitrogens with one attached hydrogen (secondary N) is 1. The molecule has 1 amide bonds. The lowest BCUT2D eigenvalue weighted by Crippen LogP contribution is -2.47. The minimum absolute atomic E-state index is 0. The van der Waals surface area contributed by atoms with Crippen molar-refractivity contribution >= 4 is 18.3 Å². The van der Waals surface area contributed by atoms with E-state index in [0.717, 1.165) is 24.0 Å². The highest BCUT2D eigenvalue weighted by Gasteiger charge is 2.35. The summed E-state index contributed by atoms with van der Waals surface area (Å²) < 4.78 is 0. The fourth-order valence-electron chi connectivity index (χ4n) is 4.37. The van der Waals surface area contributed by atoms with Crippen LogP contribution < -0.4 is 5.32 Å². The number of carbonyl (C=O) groups excluding carboxylic acids is 1. The van der Waals surface area contributed by atoms with Gasteiger partial charge in [0, 0.05) is 17.6 Å². The Bertz CT molecular complexity index is 732. The van der Waals surface area contributed by atoms with Crippen molar-refractivity contribution in [2.75, 3.05) is 14.1 Å². The van der Waals surface area contributed by atoms with Crippen molar-refractivity contribution in [1.29, 1.82) is 0 Å². The molecule has 3 atom stereocenters. The van der Waals surface area contributed by atoms with Crippen LogP contribution in [0.15, 0.2) is 54.6 Å². The first-order valence-corrected chi connectivity index (χ1v) is 9.66.